The minimum atomic E-state index is 0. The van der Waals surface area contributed by atoms with Crippen LogP contribution in [0.2, 0.25) is 0 Å². The van der Waals surface area contributed by atoms with Crippen molar-refractivity contribution in [2.75, 3.05) is 13.6 Å². The van der Waals surface area contributed by atoms with Crippen molar-refractivity contribution >= 4 is 12.4 Å². The molecule has 0 amide bonds. The zero-order chi connectivity index (χ0) is 13.1. The summed E-state index contributed by atoms with van der Waals surface area (Å²) in [5.74, 6) is 0. The standard InChI is InChI=1S/C17H26N2.ClH/c1-19-15(12-14-8-4-2-5-9-14)13-16-17(19)10-6-3-7-11-18-16;/h2,4-5,8-9,15-18H,3,6-7,10-13H2,1H3;1H/t15-,16+,17-;/m1./s1. The van der Waals surface area contributed by atoms with Gasteiger partial charge in [-0.25, -0.2) is 0 Å². The molecular formula is C17H27ClN2. The number of hydrogen-bond acceptors (Lipinski definition) is 2. The molecule has 3 rings (SSSR count). The van der Waals surface area contributed by atoms with E-state index in [0.29, 0.717) is 6.04 Å². The fraction of sp³-hybridized carbons (Fsp3) is 0.647. The molecule has 1 aromatic rings. The minimum absolute atomic E-state index is 0. The molecule has 2 aliphatic heterocycles. The van der Waals surface area contributed by atoms with E-state index >= 15 is 0 Å². The molecule has 2 aliphatic rings. The van der Waals surface area contributed by atoms with E-state index in [-0.39, 0.29) is 12.4 Å². The molecular weight excluding hydrogens is 268 g/mol. The van der Waals surface area contributed by atoms with Crippen LogP contribution < -0.4 is 5.32 Å². The maximum absolute atomic E-state index is 3.79. The van der Waals surface area contributed by atoms with Crippen LogP contribution in [0.15, 0.2) is 30.3 Å². The van der Waals surface area contributed by atoms with Gasteiger partial charge in [-0.3, -0.25) is 4.90 Å². The molecule has 1 N–H and O–H groups in total. The number of likely N-dealkylation sites (N-methyl/N-ethyl adjacent to an activating group) is 1. The summed E-state index contributed by atoms with van der Waals surface area (Å²) in [6, 6.07) is 13.1. The zero-order valence-corrected chi connectivity index (χ0v) is 13.2. The lowest BCUT2D eigenvalue weighted by Crippen LogP contribution is -2.43. The van der Waals surface area contributed by atoms with Crippen LogP contribution in [0, 0.1) is 0 Å². The van der Waals surface area contributed by atoms with Gasteiger partial charge in [0.25, 0.3) is 0 Å². The molecule has 2 fully saturated rings. The predicted octanol–water partition coefficient (Wildman–Crippen LogP) is 3.26. The third-order valence-corrected chi connectivity index (χ3v) is 4.99. The second-order valence-electron chi connectivity index (χ2n) is 6.22. The first kappa shape index (κ1) is 15.8. The highest BCUT2D eigenvalue weighted by Crippen LogP contribution is 2.29. The quantitative estimate of drug-likeness (QED) is 0.901. The summed E-state index contributed by atoms with van der Waals surface area (Å²) in [4.78, 5) is 2.65. The summed E-state index contributed by atoms with van der Waals surface area (Å²) in [5, 5.41) is 3.79. The third-order valence-electron chi connectivity index (χ3n) is 4.99. The van der Waals surface area contributed by atoms with Crippen LogP contribution in [0.5, 0.6) is 0 Å². The molecule has 1 aromatic carbocycles. The molecule has 0 aromatic heterocycles. The number of likely N-dealkylation sites (tertiary alicyclic amines) is 1. The number of fused-ring (bicyclic) bond motifs is 1. The van der Waals surface area contributed by atoms with Gasteiger partial charge in [-0.05, 0) is 44.8 Å². The van der Waals surface area contributed by atoms with Gasteiger partial charge in [0.1, 0.15) is 0 Å². The highest BCUT2D eigenvalue weighted by molar-refractivity contribution is 5.85. The maximum Gasteiger partial charge on any atom is 0.0249 e. The summed E-state index contributed by atoms with van der Waals surface area (Å²) in [6.45, 7) is 1.22. The first-order valence-electron chi connectivity index (χ1n) is 7.84. The largest absolute Gasteiger partial charge is 0.312 e. The second-order valence-corrected chi connectivity index (χ2v) is 6.22. The van der Waals surface area contributed by atoms with E-state index in [4.69, 9.17) is 0 Å². The highest BCUT2D eigenvalue weighted by Gasteiger charge is 2.38. The van der Waals surface area contributed by atoms with Crippen molar-refractivity contribution in [2.45, 2.75) is 56.7 Å². The van der Waals surface area contributed by atoms with Crippen molar-refractivity contribution in [1.29, 1.82) is 0 Å². The van der Waals surface area contributed by atoms with Crippen molar-refractivity contribution in [1.82, 2.24) is 10.2 Å². The monoisotopic (exact) mass is 294 g/mol. The Hall–Kier alpha value is -0.570. The molecule has 3 atom stereocenters. The summed E-state index contributed by atoms with van der Waals surface area (Å²) < 4.78 is 0. The molecule has 0 bridgehead atoms. The van der Waals surface area contributed by atoms with E-state index < -0.39 is 0 Å². The van der Waals surface area contributed by atoms with Crippen molar-refractivity contribution in [2.24, 2.45) is 0 Å². The van der Waals surface area contributed by atoms with Crippen molar-refractivity contribution in [3.63, 3.8) is 0 Å². The fourth-order valence-electron chi connectivity index (χ4n) is 3.85. The van der Waals surface area contributed by atoms with Gasteiger partial charge >= 0.3 is 0 Å². The molecule has 2 saturated heterocycles. The molecule has 2 nitrogen and oxygen atoms in total. The van der Waals surface area contributed by atoms with Gasteiger partial charge in [-0.15, -0.1) is 12.4 Å². The Morgan fingerprint density at radius 2 is 1.95 bits per heavy atom. The van der Waals surface area contributed by atoms with Gasteiger partial charge in [0.05, 0.1) is 0 Å². The Labute approximate surface area is 129 Å². The fourth-order valence-corrected chi connectivity index (χ4v) is 3.85. The Bertz CT molecular complexity index is 395. The normalized spacial score (nSPS) is 30.9. The van der Waals surface area contributed by atoms with E-state index in [0.717, 1.165) is 12.1 Å². The predicted molar refractivity (Wildman–Crippen MR) is 87.6 cm³/mol. The zero-order valence-electron chi connectivity index (χ0n) is 12.4. The van der Waals surface area contributed by atoms with Gasteiger partial charge in [0, 0.05) is 18.1 Å². The lowest BCUT2D eigenvalue weighted by atomic mass is 9.98. The number of benzene rings is 1. The molecule has 0 spiro atoms. The average molecular weight is 295 g/mol. The first-order chi connectivity index (χ1) is 9.34. The van der Waals surface area contributed by atoms with Crippen LogP contribution in [0.25, 0.3) is 0 Å². The van der Waals surface area contributed by atoms with Crippen molar-refractivity contribution < 1.29 is 0 Å². The van der Waals surface area contributed by atoms with Gasteiger partial charge < -0.3 is 5.32 Å². The van der Waals surface area contributed by atoms with E-state index in [1.165, 1.54) is 50.6 Å². The molecule has 0 saturated carbocycles. The van der Waals surface area contributed by atoms with E-state index in [2.05, 4.69) is 47.6 Å². The SMILES string of the molecule is CN1[C@H](Cc2ccccc2)C[C@@H]2NCCCCC[C@H]21.Cl. The maximum atomic E-state index is 3.79. The van der Waals surface area contributed by atoms with E-state index in [1.807, 2.05) is 0 Å². The van der Waals surface area contributed by atoms with Crippen molar-refractivity contribution in [3.8, 4) is 0 Å². The Morgan fingerprint density at radius 1 is 1.15 bits per heavy atom. The Kier molecular flexibility index (Phi) is 5.88. The topological polar surface area (TPSA) is 15.3 Å². The Morgan fingerprint density at radius 3 is 2.75 bits per heavy atom. The second kappa shape index (κ2) is 7.44. The molecule has 112 valence electrons. The third kappa shape index (κ3) is 3.55. The van der Waals surface area contributed by atoms with E-state index in [9.17, 15) is 0 Å². The van der Waals surface area contributed by atoms with Crippen LogP contribution in [-0.2, 0) is 6.42 Å². The van der Waals surface area contributed by atoms with Gasteiger partial charge in [0.15, 0.2) is 0 Å². The lowest BCUT2D eigenvalue weighted by Gasteiger charge is -2.29. The number of nitrogens with one attached hydrogen (secondary N) is 1. The molecule has 0 radical (unpaired) electrons. The van der Waals surface area contributed by atoms with Crippen LogP contribution in [-0.4, -0.2) is 36.6 Å². The highest BCUT2D eigenvalue weighted by atomic mass is 35.5. The van der Waals surface area contributed by atoms with Crippen LogP contribution in [0.4, 0.5) is 0 Å². The Balaban J connectivity index is 0.00000147. The lowest BCUT2D eigenvalue weighted by molar-refractivity contribution is 0.209. The summed E-state index contributed by atoms with van der Waals surface area (Å²) in [7, 11) is 2.33. The average Bonchev–Trinajstić information content (AvgIpc) is 2.67. The molecule has 3 heteroatoms. The van der Waals surface area contributed by atoms with Crippen LogP contribution >= 0.6 is 12.4 Å². The molecule has 20 heavy (non-hydrogen) atoms. The molecule has 2 heterocycles. The van der Waals surface area contributed by atoms with Gasteiger partial charge in [-0.1, -0.05) is 43.2 Å². The number of nitrogens with zero attached hydrogens (tertiary/aromatic N) is 1. The van der Waals surface area contributed by atoms with Crippen LogP contribution in [0.1, 0.15) is 37.7 Å². The summed E-state index contributed by atoms with van der Waals surface area (Å²) >= 11 is 0. The van der Waals surface area contributed by atoms with E-state index in [1.54, 1.807) is 0 Å². The first-order valence-corrected chi connectivity index (χ1v) is 7.84. The molecule has 0 unspecified atom stereocenters. The molecule has 0 aliphatic carbocycles. The summed E-state index contributed by atoms with van der Waals surface area (Å²) in [5.41, 5.74) is 1.48. The smallest absolute Gasteiger partial charge is 0.0249 e. The van der Waals surface area contributed by atoms with Crippen molar-refractivity contribution in [3.05, 3.63) is 35.9 Å². The van der Waals surface area contributed by atoms with Gasteiger partial charge in [0.2, 0.25) is 0 Å². The minimum Gasteiger partial charge on any atom is -0.312 e. The van der Waals surface area contributed by atoms with Gasteiger partial charge in [-0.2, -0.15) is 0 Å². The number of hydrogen-bond donors (Lipinski definition) is 1. The number of rotatable bonds is 2. The summed E-state index contributed by atoms with van der Waals surface area (Å²) in [6.07, 6.45) is 8.05. The number of halogens is 1. The van der Waals surface area contributed by atoms with Crippen LogP contribution in [0.3, 0.4) is 0 Å².